The molecule has 3 rings (SSSR count). The average Bonchev–Trinajstić information content (AvgIpc) is 2.65. The van der Waals surface area contributed by atoms with Crippen molar-refractivity contribution in [2.75, 3.05) is 6.54 Å². The molecule has 3 aromatic rings. The molecular weight excluding hydrogens is 310 g/mol. The Balaban J connectivity index is 1.91. The molecule has 0 saturated carbocycles. The quantitative estimate of drug-likeness (QED) is 0.676. The van der Waals surface area contributed by atoms with E-state index in [-0.39, 0.29) is 0 Å². The van der Waals surface area contributed by atoms with Gasteiger partial charge in [-0.05, 0) is 17.0 Å². The molecule has 25 heavy (non-hydrogen) atoms. The Morgan fingerprint density at radius 2 is 1.56 bits per heavy atom. The number of nitrogens with one attached hydrogen (secondary N) is 1. The van der Waals surface area contributed by atoms with Crippen LogP contribution in [0.1, 0.15) is 25.5 Å². The maximum Gasteiger partial charge on any atom is 0.151 e. The third-order valence-corrected chi connectivity index (χ3v) is 4.22. The van der Waals surface area contributed by atoms with Crippen LogP contribution in [0.5, 0.6) is 5.75 Å². The fourth-order valence-corrected chi connectivity index (χ4v) is 2.91. The first-order chi connectivity index (χ1) is 12.1. The zero-order valence-electron chi connectivity index (χ0n) is 14.7. The van der Waals surface area contributed by atoms with E-state index >= 15 is 0 Å². The second-order valence-corrected chi connectivity index (χ2v) is 6.56. The van der Waals surface area contributed by atoms with Crippen LogP contribution < -0.4 is 10.1 Å². The highest BCUT2D eigenvalue weighted by Crippen LogP contribution is 2.31. The van der Waals surface area contributed by atoms with Crippen molar-refractivity contribution in [3.63, 3.8) is 0 Å². The number of benzene rings is 3. The lowest BCUT2D eigenvalue weighted by molar-refractivity contribution is 0.0355. The SMILES string of the molecule is CC(C)NCC(O)C(Oc1cccc2ccccc12)c1ccccc1. The number of aliphatic hydroxyl groups excluding tert-OH is 1. The zero-order chi connectivity index (χ0) is 17.6. The summed E-state index contributed by atoms with van der Waals surface area (Å²) in [5.74, 6) is 0.788. The van der Waals surface area contributed by atoms with E-state index in [9.17, 15) is 5.11 Å². The van der Waals surface area contributed by atoms with Crippen molar-refractivity contribution in [3.8, 4) is 5.75 Å². The van der Waals surface area contributed by atoms with Crippen LogP contribution in [-0.4, -0.2) is 23.8 Å². The smallest absolute Gasteiger partial charge is 0.151 e. The van der Waals surface area contributed by atoms with Crippen LogP contribution in [-0.2, 0) is 0 Å². The third-order valence-electron chi connectivity index (χ3n) is 4.22. The van der Waals surface area contributed by atoms with E-state index in [1.54, 1.807) is 0 Å². The molecule has 0 spiro atoms. The molecule has 3 heteroatoms. The molecule has 3 aromatic carbocycles. The van der Waals surface area contributed by atoms with E-state index in [0.29, 0.717) is 12.6 Å². The van der Waals surface area contributed by atoms with Gasteiger partial charge in [0.15, 0.2) is 6.10 Å². The largest absolute Gasteiger partial charge is 0.482 e. The van der Waals surface area contributed by atoms with Gasteiger partial charge >= 0.3 is 0 Å². The normalized spacial score (nSPS) is 13.8. The van der Waals surface area contributed by atoms with Crippen LogP contribution in [0, 0.1) is 0 Å². The second kappa shape index (κ2) is 8.15. The molecule has 0 fully saturated rings. The molecule has 0 aliphatic rings. The van der Waals surface area contributed by atoms with Crippen molar-refractivity contribution in [2.24, 2.45) is 0 Å². The molecule has 0 saturated heterocycles. The highest BCUT2D eigenvalue weighted by atomic mass is 16.5. The Bertz CT molecular complexity index is 796. The Morgan fingerprint density at radius 3 is 2.32 bits per heavy atom. The Labute approximate surface area is 149 Å². The minimum absolute atomic E-state index is 0.309. The van der Waals surface area contributed by atoms with Gasteiger partial charge in [-0.15, -0.1) is 0 Å². The highest BCUT2D eigenvalue weighted by molar-refractivity contribution is 5.88. The standard InChI is InChI=1S/C22H25NO2/c1-16(2)23-15-20(24)22(18-10-4-3-5-11-18)25-21-14-8-12-17-9-6-7-13-19(17)21/h3-14,16,20,22-24H,15H2,1-2H3. The summed E-state index contributed by atoms with van der Waals surface area (Å²) in [5.41, 5.74) is 0.966. The van der Waals surface area contributed by atoms with Crippen LogP contribution in [0.2, 0.25) is 0 Å². The van der Waals surface area contributed by atoms with E-state index < -0.39 is 12.2 Å². The fourth-order valence-electron chi connectivity index (χ4n) is 2.91. The summed E-state index contributed by atoms with van der Waals surface area (Å²) in [6, 6.07) is 24.3. The molecule has 0 aromatic heterocycles. The van der Waals surface area contributed by atoms with Gasteiger partial charge in [-0.1, -0.05) is 80.6 Å². The summed E-state index contributed by atoms with van der Waals surface area (Å²) < 4.78 is 6.32. The average molecular weight is 335 g/mol. The molecule has 3 nitrogen and oxygen atoms in total. The van der Waals surface area contributed by atoms with Gasteiger partial charge in [0.1, 0.15) is 11.9 Å². The number of fused-ring (bicyclic) bond motifs is 1. The van der Waals surface area contributed by atoms with Crippen molar-refractivity contribution in [1.82, 2.24) is 5.32 Å². The molecule has 2 unspecified atom stereocenters. The van der Waals surface area contributed by atoms with Gasteiger partial charge < -0.3 is 15.2 Å². The summed E-state index contributed by atoms with van der Waals surface area (Å²) >= 11 is 0. The molecule has 130 valence electrons. The van der Waals surface area contributed by atoms with Gasteiger partial charge in [-0.2, -0.15) is 0 Å². The Kier molecular flexibility index (Phi) is 5.69. The van der Waals surface area contributed by atoms with Gasteiger partial charge in [0.2, 0.25) is 0 Å². The van der Waals surface area contributed by atoms with E-state index in [1.165, 1.54) is 0 Å². The lowest BCUT2D eigenvalue weighted by atomic mass is 10.0. The van der Waals surface area contributed by atoms with Crippen molar-refractivity contribution in [1.29, 1.82) is 0 Å². The van der Waals surface area contributed by atoms with Gasteiger partial charge in [0, 0.05) is 18.0 Å². The summed E-state index contributed by atoms with van der Waals surface area (Å²) in [4.78, 5) is 0. The third kappa shape index (κ3) is 4.38. The number of hydrogen-bond donors (Lipinski definition) is 2. The number of ether oxygens (including phenoxy) is 1. The van der Waals surface area contributed by atoms with Crippen LogP contribution in [0.15, 0.2) is 72.8 Å². The number of rotatable bonds is 7. The van der Waals surface area contributed by atoms with Crippen molar-refractivity contribution >= 4 is 10.8 Å². The van der Waals surface area contributed by atoms with Gasteiger partial charge in [0.05, 0.1) is 0 Å². The van der Waals surface area contributed by atoms with Gasteiger partial charge in [-0.3, -0.25) is 0 Å². The lowest BCUT2D eigenvalue weighted by Gasteiger charge is -2.26. The first-order valence-corrected chi connectivity index (χ1v) is 8.76. The number of aliphatic hydroxyl groups is 1. The highest BCUT2D eigenvalue weighted by Gasteiger charge is 2.23. The van der Waals surface area contributed by atoms with Crippen molar-refractivity contribution in [2.45, 2.75) is 32.1 Å². The van der Waals surface area contributed by atoms with E-state index in [4.69, 9.17) is 4.74 Å². The molecule has 0 heterocycles. The maximum atomic E-state index is 10.8. The first kappa shape index (κ1) is 17.5. The fraction of sp³-hybridized carbons (Fsp3) is 0.273. The molecule has 0 radical (unpaired) electrons. The monoisotopic (exact) mass is 335 g/mol. The van der Waals surface area contributed by atoms with E-state index in [1.807, 2.05) is 60.7 Å². The lowest BCUT2D eigenvalue weighted by Crippen LogP contribution is -2.37. The first-order valence-electron chi connectivity index (χ1n) is 8.76. The molecule has 0 amide bonds. The molecule has 0 aliphatic carbocycles. The molecule has 0 aliphatic heterocycles. The van der Waals surface area contributed by atoms with Gasteiger partial charge in [-0.25, -0.2) is 0 Å². The van der Waals surface area contributed by atoms with E-state index in [0.717, 1.165) is 22.1 Å². The van der Waals surface area contributed by atoms with Crippen LogP contribution in [0.3, 0.4) is 0 Å². The minimum atomic E-state index is -0.649. The van der Waals surface area contributed by atoms with Gasteiger partial charge in [0.25, 0.3) is 0 Å². The summed E-state index contributed by atoms with van der Waals surface area (Å²) in [5, 5.41) is 16.2. The molecule has 2 N–H and O–H groups in total. The molecule has 0 bridgehead atoms. The van der Waals surface area contributed by atoms with Crippen LogP contribution in [0.25, 0.3) is 10.8 Å². The molecule has 2 atom stereocenters. The van der Waals surface area contributed by atoms with Crippen molar-refractivity contribution < 1.29 is 9.84 Å². The summed E-state index contributed by atoms with van der Waals surface area (Å²) in [7, 11) is 0. The van der Waals surface area contributed by atoms with Crippen molar-refractivity contribution in [3.05, 3.63) is 78.4 Å². The maximum absolute atomic E-state index is 10.8. The number of hydrogen-bond acceptors (Lipinski definition) is 3. The topological polar surface area (TPSA) is 41.5 Å². The Morgan fingerprint density at radius 1 is 0.880 bits per heavy atom. The summed E-state index contributed by atoms with van der Waals surface area (Å²) in [6.07, 6.45) is -1.08. The summed E-state index contributed by atoms with van der Waals surface area (Å²) in [6.45, 7) is 4.60. The van der Waals surface area contributed by atoms with Crippen LogP contribution >= 0.6 is 0 Å². The predicted octanol–water partition coefficient (Wildman–Crippen LogP) is 4.32. The zero-order valence-corrected chi connectivity index (χ0v) is 14.7. The van der Waals surface area contributed by atoms with Crippen LogP contribution in [0.4, 0.5) is 0 Å². The molecular formula is C22H25NO2. The minimum Gasteiger partial charge on any atom is -0.482 e. The second-order valence-electron chi connectivity index (χ2n) is 6.56. The van der Waals surface area contributed by atoms with E-state index in [2.05, 4.69) is 31.3 Å². The predicted molar refractivity (Wildman–Crippen MR) is 103 cm³/mol. The Hall–Kier alpha value is -2.36.